The van der Waals surface area contributed by atoms with Gasteiger partial charge in [0.25, 0.3) is 5.91 Å². The molecule has 1 amide bonds. The van der Waals surface area contributed by atoms with E-state index in [1.54, 1.807) is 22.7 Å². The molecule has 0 radical (unpaired) electrons. The summed E-state index contributed by atoms with van der Waals surface area (Å²) >= 11 is 3.37. The third-order valence-electron chi connectivity index (χ3n) is 7.54. The van der Waals surface area contributed by atoms with E-state index in [2.05, 4.69) is 52.7 Å². The third-order valence-corrected chi connectivity index (χ3v) is 9.72. The molecule has 0 spiro atoms. The standard InChI is InChI=1S/C34H29N3O2S2.ClH/c1-2-39-27-17-16-23-12-6-7-13-24(23)30(27)32(38)36-34-31(33-35-26-14-8-9-15-28(26)40-33)25-18-19-37(21-29(25)41-34)20-22-10-4-3-5-11-22;/h3-17H,2,18-21H2,1H3,(H,36,38);1H. The summed E-state index contributed by atoms with van der Waals surface area (Å²) in [5.74, 6) is 0.438. The summed E-state index contributed by atoms with van der Waals surface area (Å²) in [7, 11) is 0. The van der Waals surface area contributed by atoms with Gasteiger partial charge in [0.1, 0.15) is 15.8 Å². The predicted molar refractivity (Wildman–Crippen MR) is 178 cm³/mol. The first-order valence-corrected chi connectivity index (χ1v) is 15.5. The second-order valence-electron chi connectivity index (χ2n) is 10.2. The topological polar surface area (TPSA) is 54.5 Å². The zero-order chi connectivity index (χ0) is 27.8. The summed E-state index contributed by atoms with van der Waals surface area (Å²) < 4.78 is 7.08. The summed E-state index contributed by atoms with van der Waals surface area (Å²) in [4.78, 5) is 22.9. The van der Waals surface area contributed by atoms with Crippen LogP contribution in [-0.4, -0.2) is 28.9 Å². The Morgan fingerprint density at radius 2 is 1.74 bits per heavy atom. The maximum absolute atomic E-state index is 14.1. The zero-order valence-corrected chi connectivity index (χ0v) is 25.6. The van der Waals surface area contributed by atoms with Gasteiger partial charge in [-0.25, -0.2) is 4.98 Å². The van der Waals surface area contributed by atoms with Crippen molar-refractivity contribution in [3.63, 3.8) is 0 Å². The molecule has 0 fully saturated rings. The number of hydrogen-bond acceptors (Lipinski definition) is 6. The van der Waals surface area contributed by atoms with Crippen molar-refractivity contribution in [2.75, 3.05) is 18.5 Å². The molecule has 0 unspecified atom stereocenters. The Balaban J connectivity index is 0.00000316. The van der Waals surface area contributed by atoms with Crippen molar-refractivity contribution in [3.8, 4) is 16.3 Å². The van der Waals surface area contributed by atoms with Crippen molar-refractivity contribution in [1.82, 2.24) is 9.88 Å². The quantitative estimate of drug-likeness (QED) is 0.196. The minimum atomic E-state index is -0.160. The number of thiophene rings is 1. The fourth-order valence-corrected chi connectivity index (χ4v) is 8.05. The molecule has 1 N–H and O–H groups in total. The van der Waals surface area contributed by atoms with Crippen molar-refractivity contribution in [2.24, 2.45) is 0 Å². The second-order valence-corrected chi connectivity index (χ2v) is 12.3. The minimum absolute atomic E-state index is 0. The van der Waals surface area contributed by atoms with Crippen LogP contribution in [0.1, 0.15) is 33.3 Å². The fourth-order valence-electron chi connectivity index (χ4n) is 5.65. The first kappa shape index (κ1) is 28.4. The average molecular weight is 612 g/mol. The smallest absolute Gasteiger partial charge is 0.260 e. The first-order valence-electron chi connectivity index (χ1n) is 13.9. The number of hydrogen-bond donors (Lipinski definition) is 1. The molecule has 3 heterocycles. The molecule has 1 aliphatic heterocycles. The Hall–Kier alpha value is -3.75. The zero-order valence-electron chi connectivity index (χ0n) is 23.1. The van der Waals surface area contributed by atoms with Gasteiger partial charge >= 0.3 is 0 Å². The molecular formula is C34H30ClN3O2S2. The lowest BCUT2D eigenvalue weighted by Gasteiger charge is -2.27. The van der Waals surface area contributed by atoms with E-state index < -0.39 is 0 Å². The van der Waals surface area contributed by atoms with Crippen LogP contribution in [0.5, 0.6) is 5.75 Å². The fraction of sp³-hybridized carbons (Fsp3) is 0.176. The van der Waals surface area contributed by atoms with Gasteiger partial charge in [-0.15, -0.1) is 35.1 Å². The molecule has 5 nitrogen and oxygen atoms in total. The average Bonchev–Trinajstić information content (AvgIpc) is 3.58. The maximum atomic E-state index is 14.1. The van der Waals surface area contributed by atoms with Crippen LogP contribution >= 0.6 is 35.1 Å². The summed E-state index contributed by atoms with van der Waals surface area (Å²) in [6.07, 6.45) is 0.915. The number of halogens is 1. The van der Waals surface area contributed by atoms with Crippen LogP contribution in [0.25, 0.3) is 31.6 Å². The molecule has 0 saturated carbocycles. The number of nitrogens with one attached hydrogen (secondary N) is 1. The number of benzene rings is 4. The van der Waals surface area contributed by atoms with E-state index in [1.807, 2.05) is 55.5 Å². The monoisotopic (exact) mass is 611 g/mol. The molecule has 1 aliphatic rings. The van der Waals surface area contributed by atoms with Crippen molar-refractivity contribution >= 4 is 67.0 Å². The first-order chi connectivity index (χ1) is 20.2. The Morgan fingerprint density at radius 1 is 0.952 bits per heavy atom. The van der Waals surface area contributed by atoms with Crippen molar-refractivity contribution in [3.05, 3.63) is 113 Å². The number of rotatable bonds is 7. The number of para-hydroxylation sites is 1. The minimum Gasteiger partial charge on any atom is -0.493 e. The summed E-state index contributed by atoms with van der Waals surface area (Å²) in [6.45, 7) is 5.14. The van der Waals surface area contributed by atoms with Crippen LogP contribution in [0.4, 0.5) is 5.00 Å². The van der Waals surface area contributed by atoms with Crippen LogP contribution < -0.4 is 10.1 Å². The van der Waals surface area contributed by atoms with Crippen LogP contribution in [0, 0.1) is 0 Å². The lowest BCUT2D eigenvalue weighted by molar-refractivity contribution is 0.102. The predicted octanol–water partition coefficient (Wildman–Crippen LogP) is 8.81. The number of thiazole rings is 1. The van der Waals surface area contributed by atoms with Crippen molar-refractivity contribution in [2.45, 2.75) is 26.4 Å². The van der Waals surface area contributed by atoms with E-state index in [0.717, 1.165) is 62.6 Å². The second kappa shape index (κ2) is 12.2. The van der Waals surface area contributed by atoms with E-state index in [4.69, 9.17) is 9.72 Å². The lowest BCUT2D eigenvalue weighted by Crippen LogP contribution is -2.29. The van der Waals surface area contributed by atoms with E-state index in [1.165, 1.54) is 16.0 Å². The maximum Gasteiger partial charge on any atom is 0.260 e. The number of aromatic nitrogens is 1. The van der Waals surface area contributed by atoms with E-state index in [0.29, 0.717) is 17.9 Å². The van der Waals surface area contributed by atoms with E-state index >= 15 is 0 Å². The molecule has 2 aromatic heterocycles. The van der Waals surface area contributed by atoms with Gasteiger partial charge < -0.3 is 10.1 Å². The highest BCUT2D eigenvalue weighted by molar-refractivity contribution is 7.23. The molecule has 0 bridgehead atoms. The highest BCUT2D eigenvalue weighted by Crippen LogP contribution is 2.46. The normalized spacial score (nSPS) is 13.1. The van der Waals surface area contributed by atoms with Gasteiger partial charge in [0.15, 0.2) is 0 Å². The molecule has 0 atom stereocenters. The Bertz CT molecular complexity index is 1850. The third kappa shape index (κ3) is 5.41. The SMILES string of the molecule is CCOc1ccc2ccccc2c1C(=O)Nc1sc2c(c1-c1nc3ccccc3s1)CCN(Cc1ccccc1)C2.Cl. The summed E-state index contributed by atoms with van der Waals surface area (Å²) in [5, 5.41) is 7.04. The van der Waals surface area contributed by atoms with Gasteiger partial charge in [-0.1, -0.05) is 72.8 Å². The Labute approximate surface area is 259 Å². The van der Waals surface area contributed by atoms with Crippen molar-refractivity contribution in [1.29, 1.82) is 0 Å². The number of fused-ring (bicyclic) bond motifs is 3. The van der Waals surface area contributed by atoms with Crippen LogP contribution in [-0.2, 0) is 19.5 Å². The Morgan fingerprint density at radius 3 is 2.57 bits per heavy atom. The molecule has 42 heavy (non-hydrogen) atoms. The number of amides is 1. The van der Waals surface area contributed by atoms with Gasteiger partial charge in [-0.05, 0) is 53.4 Å². The van der Waals surface area contributed by atoms with Gasteiger partial charge in [-0.2, -0.15) is 0 Å². The Kier molecular flexibility index (Phi) is 8.27. The van der Waals surface area contributed by atoms with Gasteiger partial charge in [0.2, 0.25) is 0 Å². The van der Waals surface area contributed by atoms with Crippen LogP contribution in [0.15, 0.2) is 91.0 Å². The molecule has 212 valence electrons. The van der Waals surface area contributed by atoms with Crippen LogP contribution in [0.3, 0.4) is 0 Å². The number of ether oxygens (including phenoxy) is 1. The molecule has 0 saturated heterocycles. The number of nitrogens with zero attached hydrogens (tertiary/aromatic N) is 2. The van der Waals surface area contributed by atoms with Crippen molar-refractivity contribution < 1.29 is 9.53 Å². The number of carbonyl (C=O) groups excluding carboxylic acids is 1. The number of carbonyl (C=O) groups is 1. The van der Waals surface area contributed by atoms with E-state index in [-0.39, 0.29) is 18.3 Å². The highest BCUT2D eigenvalue weighted by atomic mass is 35.5. The van der Waals surface area contributed by atoms with Crippen LogP contribution in [0.2, 0.25) is 0 Å². The molecule has 0 aliphatic carbocycles. The van der Waals surface area contributed by atoms with Gasteiger partial charge in [0, 0.05) is 30.1 Å². The molecule has 4 aromatic carbocycles. The van der Waals surface area contributed by atoms with E-state index in [9.17, 15) is 4.79 Å². The summed E-state index contributed by atoms with van der Waals surface area (Å²) in [5.41, 5.74) is 5.23. The van der Waals surface area contributed by atoms with Gasteiger partial charge in [0.05, 0.1) is 22.4 Å². The molecule has 7 rings (SSSR count). The molecular weight excluding hydrogens is 582 g/mol. The lowest BCUT2D eigenvalue weighted by atomic mass is 10.0. The van der Waals surface area contributed by atoms with Gasteiger partial charge in [-0.3, -0.25) is 9.69 Å². The highest BCUT2D eigenvalue weighted by Gasteiger charge is 2.29. The number of anilines is 1. The molecule has 8 heteroatoms. The molecule has 6 aromatic rings. The largest absolute Gasteiger partial charge is 0.493 e. The summed E-state index contributed by atoms with van der Waals surface area (Å²) in [6, 6.07) is 30.7.